The molecule has 2 aromatic rings. The maximum absolute atomic E-state index is 13.8. The molecule has 1 unspecified atom stereocenters. The summed E-state index contributed by atoms with van der Waals surface area (Å²) >= 11 is 6.11. The van der Waals surface area contributed by atoms with Crippen molar-refractivity contribution in [1.82, 2.24) is 9.78 Å². The Morgan fingerprint density at radius 1 is 1.39 bits per heavy atom. The fourth-order valence-electron chi connectivity index (χ4n) is 2.66. The van der Waals surface area contributed by atoms with Crippen molar-refractivity contribution in [2.24, 2.45) is 5.92 Å². The summed E-state index contributed by atoms with van der Waals surface area (Å²) in [6.45, 7) is 2.03. The fourth-order valence-corrected chi connectivity index (χ4v) is 2.84. The van der Waals surface area contributed by atoms with E-state index in [1.807, 2.05) is 6.92 Å². The third kappa shape index (κ3) is 3.08. The van der Waals surface area contributed by atoms with Gasteiger partial charge in [0.25, 0.3) is 5.56 Å². The zero-order valence-electron chi connectivity index (χ0n) is 12.5. The molecule has 1 saturated carbocycles. The van der Waals surface area contributed by atoms with E-state index in [4.69, 9.17) is 11.6 Å². The van der Waals surface area contributed by atoms with Crippen LogP contribution in [0, 0.1) is 17.6 Å². The molecule has 1 aliphatic carbocycles. The Morgan fingerprint density at radius 3 is 2.74 bits per heavy atom. The molecular formula is C16H16ClF2N3O. The molecule has 0 radical (unpaired) electrons. The van der Waals surface area contributed by atoms with Gasteiger partial charge in [-0.2, -0.15) is 9.78 Å². The molecule has 1 fully saturated rings. The summed E-state index contributed by atoms with van der Waals surface area (Å²) < 4.78 is 27.6. The monoisotopic (exact) mass is 339 g/mol. The normalized spacial score (nSPS) is 16.0. The van der Waals surface area contributed by atoms with Gasteiger partial charge < -0.3 is 5.32 Å². The Labute approximate surface area is 137 Å². The van der Waals surface area contributed by atoms with Crippen LogP contribution < -0.4 is 10.9 Å². The van der Waals surface area contributed by atoms with Gasteiger partial charge in [-0.25, -0.2) is 8.78 Å². The predicted molar refractivity (Wildman–Crippen MR) is 85.2 cm³/mol. The minimum Gasteiger partial charge on any atom is -0.380 e. The lowest BCUT2D eigenvalue weighted by Gasteiger charge is -2.32. The van der Waals surface area contributed by atoms with Gasteiger partial charge in [-0.15, -0.1) is 0 Å². The highest BCUT2D eigenvalue weighted by Crippen LogP contribution is 2.31. The lowest BCUT2D eigenvalue weighted by molar-refractivity contribution is 0.285. The number of rotatable bonds is 4. The van der Waals surface area contributed by atoms with Crippen molar-refractivity contribution in [2.45, 2.75) is 32.2 Å². The number of nitrogens with one attached hydrogen (secondary N) is 1. The van der Waals surface area contributed by atoms with Crippen molar-refractivity contribution in [1.29, 1.82) is 0 Å². The molecule has 0 spiro atoms. The highest BCUT2D eigenvalue weighted by atomic mass is 35.5. The van der Waals surface area contributed by atoms with E-state index in [9.17, 15) is 13.6 Å². The lowest BCUT2D eigenvalue weighted by Crippen LogP contribution is -2.32. The Hall–Kier alpha value is -1.95. The molecule has 7 heteroatoms. The number of halogens is 3. The van der Waals surface area contributed by atoms with Crippen molar-refractivity contribution in [3.63, 3.8) is 0 Å². The molecule has 23 heavy (non-hydrogen) atoms. The molecule has 0 saturated heterocycles. The minimum absolute atomic E-state index is 0.0603. The van der Waals surface area contributed by atoms with Gasteiger partial charge in [0.05, 0.1) is 11.9 Å². The summed E-state index contributed by atoms with van der Waals surface area (Å²) in [6, 6.07) is 3.09. The van der Waals surface area contributed by atoms with Crippen molar-refractivity contribution < 1.29 is 8.78 Å². The second kappa shape index (κ2) is 6.28. The summed E-state index contributed by atoms with van der Waals surface area (Å²) in [6.07, 6.45) is 4.91. The van der Waals surface area contributed by atoms with Crippen LogP contribution in [-0.4, -0.2) is 15.8 Å². The van der Waals surface area contributed by atoms with Gasteiger partial charge in [0.15, 0.2) is 5.82 Å². The van der Waals surface area contributed by atoms with Crippen LogP contribution in [0.3, 0.4) is 0 Å². The van der Waals surface area contributed by atoms with Gasteiger partial charge in [-0.05, 0) is 37.8 Å². The Morgan fingerprint density at radius 2 is 2.13 bits per heavy atom. The summed E-state index contributed by atoms with van der Waals surface area (Å²) in [7, 11) is 0. The Kier molecular flexibility index (Phi) is 4.35. The van der Waals surface area contributed by atoms with E-state index in [2.05, 4.69) is 10.4 Å². The topological polar surface area (TPSA) is 46.9 Å². The van der Waals surface area contributed by atoms with Gasteiger partial charge in [-0.1, -0.05) is 18.0 Å². The van der Waals surface area contributed by atoms with Crippen molar-refractivity contribution in [2.75, 3.05) is 5.32 Å². The third-order valence-electron chi connectivity index (χ3n) is 4.30. The third-order valence-corrected chi connectivity index (χ3v) is 4.66. The molecule has 1 aromatic carbocycles. The van der Waals surface area contributed by atoms with Crippen molar-refractivity contribution >= 4 is 17.3 Å². The summed E-state index contributed by atoms with van der Waals surface area (Å²) in [5, 5.41) is 7.08. The average Bonchev–Trinajstić information content (AvgIpc) is 2.43. The second-order valence-electron chi connectivity index (χ2n) is 5.81. The van der Waals surface area contributed by atoms with E-state index in [0.717, 1.165) is 29.7 Å². The van der Waals surface area contributed by atoms with Crippen LogP contribution in [0.25, 0.3) is 5.69 Å². The molecule has 1 N–H and O–H groups in total. The molecule has 1 aromatic heterocycles. The molecule has 1 atom stereocenters. The molecular weight excluding hydrogens is 324 g/mol. The summed E-state index contributed by atoms with van der Waals surface area (Å²) in [5.41, 5.74) is -0.366. The smallest absolute Gasteiger partial charge is 0.292 e. The largest absolute Gasteiger partial charge is 0.380 e. The standard InChI is InChI=1S/C16H16ClF2N3O/c1-9(10-3-2-4-10)21-13-8-20-22(16(23)15(13)17)14-6-5-11(18)7-12(14)19/h5-10,21H,2-4H2,1H3. The van der Waals surface area contributed by atoms with E-state index in [1.54, 1.807) is 0 Å². The first-order chi connectivity index (χ1) is 11.0. The first-order valence-electron chi connectivity index (χ1n) is 7.47. The predicted octanol–water partition coefficient (Wildman–Crippen LogP) is 3.76. The molecule has 0 bridgehead atoms. The first-order valence-corrected chi connectivity index (χ1v) is 7.85. The lowest BCUT2D eigenvalue weighted by atomic mass is 9.80. The van der Waals surface area contributed by atoms with Gasteiger partial charge in [0.1, 0.15) is 16.5 Å². The molecule has 0 aliphatic heterocycles. The van der Waals surface area contributed by atoms with Gasteiger partial charge in [-0.3, -0.25) is 4.79 Å². The van der Waals surface area contributed by atoms with Crippen LogP contribution in [0.1, 0.15) is 26.2 Å². The van der Waals surface area contributed by atoms with Crippen LogP contribution in [0.4, 0.5) is 14.5 Å². The maximum Gasteiger partial charge on any atom is 0.292 e. The van der Waals surface area contributed by atoms with Crippen LogP contribution in [0.15, 0.2) is 29.2 Å². The van der Waals surface area contributed by atoms with Crippen molar-refractivity contribution in [3.8, 4) is 5.69 Å². The van der Waals surface area contributed by atoms with E-state index in [1.165, 1.54) is 12.6 Å². The van der Waals surface area contributed by atoms with Gasteiger partial charge in [0.2, 0.25) is 0 Å². The van der Waals surface area contributed by atoms with Crippen LogP contribution in [0.2, 0.25) is 5.02 Å². The minimum atomic E-state index is -0.876. The highest BCUT2D eigenvalue weighted by Gasteiger charge is 2.25. The van der Waals surface area contributed by atoms with Gasteiger partial charge >= 0.3 is 0 Å². The second-order valence-corrected chi connectivity index (χ2v) is 6.19. The summed E-state index contributed by atoms with van der Waals surface area (Å²) in [4.78, 5) is 12.3. The van der Waals surface area contributed by atoms with Crippen LogP contribution in [0.5, 0.6) is 0 Å². The molecule has 0 amide bonds. The molecule has 4 nitrogen and oxygen atoms in total. The average molecular weight is 340 g/mol. The highest BCUT2D eigenvalue weighted by molar-refractivity contribution is 6.32. The number of benzene rings is 1. The van der Waals surface area contributed by atoms with E-state index >= 15 is 0 Å². The zero-order chi connectivity index (χ0) is 16.6. The maximum atomic E-state index is 13.8. The number of hydrogen-bond donors (Lipinski definition) is 1. The zero-order valence-corrected chi connectivity index (χ0v) is 13.3. The van der Waals surface area contributed by atoms with Gasteiger partial charge in [0, 0.05) is 12.1 Å². The number of aromatic nitrogens is 2. The SMILES string of the molecule is CC(Nc1cnn(-c2ccc(F)cc2F)c(=O)c1Cl)C1CCC1. The van der Waals surface area contributed by atoms with E-state index < -0.39 is 17.2 Å². The Balaban J connectivity index is 1.92. The number of nitrogens with zero attached hydrogens (tertiary/aromatic N) is 2. The first kappa shape index (κ1) is 15.9. The molecule has 1 aliphatic rings. The van der Waals surface area contributed by atoms with E-state index in [0.29, 0.717) is 17.7 Å². The van der Waals surface area contributed by atoms with Crippen molar-refractivity contribution in [3.05, 3.63) is 51.4 Å². The Bertz CT molecular complexity index is 789. The number of hydrogen-bond acceptors (Lipinski definition) is 3. The van der Waals surface area contributed by atoms with Crippen LogP contribution >= 0.6 is 11.6 Å². The van der Waals surface area contributed by atoms with Crippen LogP contribution in [-0.2, 0) is 0 Å². The quantitative estimate of drug-likeness (QED) is 0.922. The molecule has 122 valence electrons. The molecule has 3 rings (SSSR count). The summed E-state index contributed by atoms with van der Waals surface area (Å²) in [5.74, 6) is -1.04. The fraction of sp³-hybridized carbons (Fsp3) is 0.375. The van der Waals surface area contributed by atoms with E-state index in [-0.39, 0.29) is 16.8 Å². The molecule has 1 heterocycles. The number of anilines is 1.